The van der Waals surface area contributed by atoms with Crippen molar-refractivity contribution in [2.24, 2.45) is 5.84 Å². The van der Waals surface area contributed by atoms with Crippen LogP contribution >= 0.6 is 11.3 Å². The number of fused-ring (bicyclic) bond motifs is 1. The largest absolute Gasteiger partial charge is 0.346 e. The molecule has 3 N–H and O–H groups in total. The van der Waals surface area contributed by atoms with Crippen LogP contribution in [0.15, 0.2) is 16.2 Å². The maximum Gasteiger partial charge on any atom is 0.346 e. The number of nitrogen functional groups attached to an aromatic ring is 1. The number of aromatic nitrogens is 3. The van der Waals surface area contributed by atoms with Crippen molar-refractivity contribution < 1.29 is 4.79 Å². The molecule has 0 radical (unpaired) electrons. The first-order valence-electron chi connectivity index (χ1n) is 6.44. The number of nitrogens with one attached hydrogen (secondary N) is 1. The first-order chi connectivity index (χ1) is 9.70. The molecule has 1 amide bonds. The molecule has 0 bridgehead atoms. The Hall–Kier alpha value is -1.93. The normalized spacial score (nSPS) is 14.1. The van der Waals surface area contributed by atoms with E-state index >= 15 is 0 Å². The molecule has 0 fully saturated rings. The van der Waals surface area contributed by atoms with Gasteiger partial charge in [-0.25, -0.2) is 15.3 Å². The van der Waals surface area contributed by atoms with Gasteiger partial charge in [0.05, 0.1) is 11.4 Å². The van der Waals surface area contributed by atoms with Crippen molar-refractivity contribution in [3.8, 4) is 0 Å². The van der Waals surface area contributed by atoms with E-state index in [1.807, 2.05) is 6.07 Å². The molecule has 0 saturated heterocycles. The Morgan fingerprint density at radius 3 is 3.10 bits per heavy atom. The second-order valence-corrected chi connectivity index (χ2v) is 5.63. The number of carbonyl (C=O) groups excluding carboxylic acids is 1. The topological polar surface area (TPSA) is 94.9 Å². The van der Waals surface area contributed by atoms with Gasteiger partial charge >= 0.3 is 5.69 Å². The zero-order valence-corrected chi connectivity index (χ0v) is 11.7. The highest BCUT2D eigenvalue weighted by Crippen LogP contribution is 2.17. The Morgan fingerprint density at radius 2 is 2.35 bits per heavy atom. The third-order valence-corrected chi connectivity index (χ3v) is 4.39. The lowest BCUT2D eigenvalue weighted by molar-refractivity contribution is 0.0956. The van der Waals surface area contributed by atoms with Crippen LogP contribution in [0.1, 0.15) is 33.9 Å². The highest BCUT2D eigenvalue weighted by atomic mass is 32.1. The van der Waals surface area contributed by atoms with Gasteiger partial charge in [0.25, 0.3) is 5.91 Å². The molecular formula is C12H15N5O2S. The smallest absolute Gasteiger partial charge is 0.289 e. The van der Waals surface area contributed by atoms with Crippen molar-refractivity contribution >= 4 is 17.2 Å². The van der Waals surface area contributed by atoms with Gasteiger partial charge in [-0.2, -0.15) is 5.10 Å². The maximum absolute atomic E-state index is 12.2. The second kappa shape index (κ2) is 5.22. The molecule has 2 aromatic heterocycles. The molecule has 0 unspecified atom stereocenters. The van der Waals surface area contributed by atoms with E-state index in [1.54, 1.807) is 9.95 Å². The molecule has 3 rings (SSSR count). The number of hydrogen-bond donors (Lipinski definition) is 2. The summed E-state index contributed by atoms with van der Waals surface area (Å²) in [4.78, 5) is 24.4. The van der Waals surface area contributed by atoms with Crippen LogP contribution in [0, 0.1) is 0 Å². The molecule has 1 aliphatic heterocycles. The lowest BCUT2D eigenvalue weighted by Gasteiger charge is -2.09. The fraction of sp³-hybridized carbons (Fsp3) is 0.417. The predicted molar refractivity (Wildman–Crippen MR) is 74.5 cm³/mol. The highest BCUT2D eigenvalue weighted by Gasteiger charge is 2.19. The van der Waals surface area contributed by atoms with Crippen molar-refractivity contribution in [3.63, 3.8) is 0 Å². The maximum atomic E-state index is 12.2. The quantitative estimate of drug-likeness (QED) is 0.476. The molecule has 0 spiro atoms. The number of rotatable bonds is 3. The van der Waals surface area contributed by atoms with E-state index in [-0.39, 0.29) is 11.6 Å². The zero-order valence-electron chi connectivity index (χ0n) is 10.8. The number of hydrazine groups is 1. The summed E-state index contributed by atoms with van der Waals surface area (Å²) < 4.78 is 3.15. The molecule has 1 aliphatic rings. The van der Waals surface area contributed by atoms with Crippen LogP contribution in [0.2, 0.25) is 0 Å². The van der Waals surface area contributed by atoms with Gasteiger partial charge in [0, 0.05) is 13.0 Å². The molecule has 0 atom stereocenters. The van der Waals surface area contributed by atoms with E-state index in [9.17, 15) is 9.59 Å². The van der Waals surface area contributed by atoms with Gasteiger partial charge in [0.15, 0.2) is 0 Å². The van der Waals surface area contributed by atoms with Gasteiger partial charge in [-0.05, 0) is 29.9 Å². The van der Waals surface area contributed by atoms with Gasteiger partial charge in [0.1, 0.15) is 5.82 Å². The number of hydrogen-bond acceptors (Lipinski definition) is 5. The van der Waals surface area contributed by atoms with E-state index < -0.39 is 0 Å². The van der Waals surface area contributed by atoms with Crippen LogP contribution in [0.5, 0.6) is 0 Å². The first kappa shape index (κ1) is 13.1. The average Bonchev–Trinajstić information content (AvgIpc) is 3.05. The van der Waals surface area contributed by atoms with Crippen LogP contribution in [-0.4, -0.2) is 20.3 Å². The van der Waals surface area contributed by atoms with E-state index in [0.717, 1.165) is 37.2 Å². The third kappa shape index (κ3) is 2.16. The molecule has 0 aliphatic carbocycles. The van der Waals surface area contributed by atoms with Crippen molar-refractivity contribution in [2.75, 3.05) is 0 Å². The second-order valence-electron chi connectivity index (χ2n) is 4.71. The summed E-state index contributed by atoms with van der Waals surface area (Å²) in [6.45, 7) is 1.03. The van der Waals surface area contributed by atoms with Crippen molar-refractivity contribution in [1.82, 2.24) is 19.8 Å². The molecule has 20 heavy (non-hydrogen) atoms. The number of nitrogens with zero attached hydrogens (tertiary/aromatic N) is 3. The standard InChI is InChI=1S/C12H15N5O2S/c13-14-11(18)10-8(4-6-20-10)7-17-12(19)16-5-2-1-3-9(16)15-17/h4,6H,1-3,5,7,13H2,(H,14,18). The van der Waals surface area contributed by atoms with Crippen molar-refractivity contribution in [3.05, 3.63) is 38.2 Å². The summed E-state index contributed by atoms with van der Waals surface area (Å²) in [6, 6.07) is 1.82. The Bertz CT molecular complexity index is 699. The summed E-state index contributed by atoms with van der Waals surface area (Å²) in [5, 5.41) is 6.17. The Morgan fingerprint density at radius 1 is 1.50 bits per heavy atom. The minimum atomic E-state index is -0.341. The van der Waals surface area contributed by atoms with Gasteiger partial charge < -0.3 is 0 Å². The molecule has 3 heterocycles. The van der Waals surface area contributed by atoms with Crippen LogP contribution in [0.25, 0.3) is 0 Å². The lowest BCUT2D eigenvalue weighted by Crippen LogP contribution is -2.31. The minimum Gasteiger partial charge on any atom is -0.289 e. The summed E-state index contributed by atoms with van der Waals surface area (Å²) in [7, 11) is 0. The Labute approximate surface area is 119 Å². The monoisotopic (exact) mass is 293 g/mol. The Balaban J connectivity index is 1.93. The fourth-order valence-electron chi connectivity index (χ4n) is 2.44. The number of carbonyl (C=O) groups is 1. The average molecular weight is 293 g/mol. The van der Waals surface area contributed by atoms with Crippen LogP contribution < -0.4 is 17.0 Å². The van der Waals surface area contributed by atoms with Crippen LogP contribution in [0.3, 0.4) is 0 Å². The molecule has 0 aromatic carbocycles. The van der Waals surface area contributed by atoms with Crippen LogP contribution in [-0.2, 0) is 19.5 Å². The SMILES string of the molecule is NNC(=O)c1sccc1Cn1nc2n(c1=O)CCCC2. The van der Waals surface area contributed by atoms with E-state index in [0.29, 0.717) is 11.4 Å². The van der Waals surface area contributed by atoms with Crippen molar-refractivity contribution in [1.29, 1.82) is 0 Å². The van der Waals surface area contributed by atoms with Crippen LogP contribution in [0.4, 0.5) is 0 Å². The zero-order chi connectivity index (χ0) is 14.1. The number of nitrogens with two attached hydrogens (primary N) is 1. The molecular weight excluding hydrogens is 278 g/mol. The van der Waals surface area contributed by atoms with E-state index in [1.165, 1.54) is 16.0 Å². The van der Waals surface area contributed by atoms with E-state index in [2.05, 4.69) is 10.5 Å². The van der Waals surface area contributed by atoms with Gasteiger partial charge in [-0.3, -0.25) is 14.8 Å². The van der Waals surface area contributed by atoms with Gasteiger partial charge in [-0.1, -0.05) is 0 Å². The minimum absolute atomic E-state index is 0.106. The molecule has 0 saturated carbocycles. The fourth-order valence-corrected chi connectivity index (χ4v) is 3.26. The van der Waals surface area contributed by atoms with Crippen molar-refractivity contribution in [2.45, 2.75) is 32.4 Å². The number of aryl methyl sites for hydroxylation is 1. The van der Waals surface area contributed by atoms with E-state index in [4.69, 9.17) is 5.84 Å². The summed E-state index contributed by atoms with van der Waals surface area (Å²) in [5.74, 6) is 5.65. The number of thiophene rings is 1. The summed E-state index contributed by atoms with van der Waals surface area (Å²) in [5.41, 5.74) is 2.77. The molecule has 8 heteroatoms. The lowest BCUT2D eigenvalue weighted by atomic mass is 10.2. The molecule has 106 valence electrons. The molecule has 7 nitrogen and oxygen atoms in total. The first-order valence-corrected chi connectivity index (χ1v) is 7.32. The van der Waals surface area contributed by atoms with Gasteiger partial charge in [0.2, 0.25) is 0 Å². The summed E-state index contributed by atoms with van der Waals surface area (Å²) >= 11 is 1.30. The molecule has 2 aromatic rings. The summed E-state index contributed by atoms with van der Waals surface area (Å²) in [6.07, 6.45) is 2.91. The van der Waals surface area contributed by atoms with Gasteiger partial charge in [-0.15, -0.1) is 11.3 Å². The highest BCUT2D eigenvalue weighted by molar-refractivity contribution is 7.12. The Kier molecular flexibility index (Phi) is 3.41. The third-order valence-electron chi connectivity index (χ3n) is 3.44. The number of amides is 1. The predicted octanol–water partition coefficient (Wildman–Crippen LogP) is 0.0944.